The van der Waals surface area contributed by atoms with Gasteiger partial charge in [-0.2, -0.15) is 11.8 Å². The van der Waals surface area contributed by atoms with Crippen LogP contribution in [0.25, 0.3) is 0 Å². The summed E-state index contributed by atoms with van der Waals surface area (Å²) in [5.74, 6) is -5.38. The van der Waals surface area contributed by atoms with Gasteiger partial charge in [0.05, 0.1) is 25.7 Å². The lowest BCUT2D eigenvalue weighted by Gasteiger charge is -2.24. The van der Waals surface area contributed by atoms with Gasteiger partial charge >= 0.3 is 5.97 Å². The van der Waals surface area contributed by atoms with Crippen LogP contribution in [0.2, 0.25) is 0 Å². The number of aliphatic hydroxyl groups is 2. The number of rotatable bonds is 16. The molecule has 0 saturated heterocycles. The molecule has 194 valence electrons. The lowest BCUT2D eigenvalue weighted by Crippen LogP contribution is -2.58. The number of aliphatic hydroxyl groups excluding tert-OH is 2. The summed E-state index contributed by atoms with van der Waals surface area (Å²) in [5.41, 5.74) is 10.4. The Morgan fingerprint density at radius 1 is 0.824 bits per heavy atom. The normalized spacial score (nSPS) is 15.1. The number of nitrogens with two attached hydrogens (primary N) is 2. The van der Waals surface area contributed by atoms with Crippen molar-refractivity contribution in [2.75, 3.05) is 25.2 Å². The SMILES string of the molecule is CSCC[C@H](NC(=O)[C@H](C)NC(=O)[C@H](CO)NC(=O)[C@@H](N)CC(N)=O)C(=O)N[C@@H](CO)C(=O)O. The molecule has 34 heavy (non-hydrogen) atoms. The van der Waals surface area contributed by atoms with Gasteiger partial charge in [0, 0.05) is 0 Å². The molecule has 0 rings (SSSR count). The second kappa shape index (κ2) is 15.8. The first-order valence-corrected chi connectivity index (χ1v) is 11.5. The van der Waals surface area contributed by atoms with Crippen LogP contribution >= 0.6 is 11.8 Å². The van der Waals surface area contributed by atoms with Gasteiger partial charge < -0.3 is 48.1 Å². The maximum Gasteiger partial charge on any atom is 0.328 e. The summed E-state index contributed by atoms with van der Waals surface area (Å²) in [6.45, 7) is -0.417. The molecule has 0 aliphatic carbocycles. The number of carboxylic acid groups (broad SMARTS) is 1. The first kappa shape index (κ1) is 31.0. The van der Waals surface area contributed by atoms with Crippen molar-refractivity contribution in [2.45, 2.75) is 50.0 Å². The van der Waals surface area contributed by atoms with Crippen molar-refractivity contribution in [3.05, 3.63) is 0 Å². The minimum absolute atomic E-state index is 0.129. The molecule has 5 amide bonds. The number of nitrogens with one attached hydrogen (secondary N) is 4. The topological polar surface area (TPSA) is 263 Å². The van der Waals surface area contributed by atoms with Crippen molar-refractivity contribution in [3.8, 4) is 0 Å². The average molecular weight is 509 g/mol. The molecule has 15 nitrogen and oxygen atoms in total. The van der Waals surface area contributed by atoms with Crippen LogP contribution in [0.15, 0.2) is 0 Å². The van der Waals surface area contributed by atoms with Gasteiger partial charge in [-0.1, -0.05) is 0 Å². The monoisotopic (exact) mass is 508 g/mol. The van der Waals surface area contributed by atoms with Gasteiger partial charge in [0.2, 0.25) is 29.5 Å². The largest absolute Gasteiger partial charge is 0.480 e. The summed E-state index contributed by atoms with van der Waals surface area (Å²) >= 11 is 1.37. The molecule has 16 heteroatoms. The summed E-state index contributed by atoms with van der Waals surface area (Å²) < 4.78 is 0. The van der Waals surface area contributed by atoms with Crippen molar-refractivity contribution in [2.24, 2.45) is 11.5 Å². The number of hydrogen-bond donors (Lipinski definition) is 9. The van der Waals surface area contributed by atoms with E-state index in [1.165, 1.54) is 18.7 Å². The Morgan fingerprint density at radius 3 is 1.79 bits per heavy atom. The molecule has 0 bridgehead atoms. The van der Waals surface area contributed by atoms with E-state index >= 15 is 0 Å². The van der Waals surface area contributed by atoms with E-state index in [2.05, 4.69) is 21.3 Å². The molecule has 0 aromatic heterocycles. The van der Waals surface area contributed by atoms with E-state index in [1.807, 2.05) is 0 Å². The van der Waals surface area contributed by atoms with Gasteiger partial charge in [-0.05, 0) is 25.4 Å². The van der Waals surface area contributed by atoms with Crippen LogP contribution in [0.4, 0.5) is 0 Å². The molecular formula is C18H32N6O9S. The zero-order valence-corrected chi connectivity index (χ0v) is 19.6. The highest BCUT2D eigenvalue weighted by Crippen LogP contribution is 2.03. The Kier molecular flexibility index (Phi) is 14.4. The predicted octanol–water partition coefficient (Wildman–Crippen LogP) is -5.03. The number of carboxylic acids is 1. The first-order chi connectivity index (χ1) is 15.9. The third kappa shape index (κ3) is 11.3. The molecule has 0 aromatic rings. The molecule has 11 N–H and O–H groups in total. The molecule has 0 unspecified atom stereocenters. The summed E-state index contributed by atoms with van der Waals surface area (Å²) in [7, 11) is 0. The Hall–Kier alpha value is -2.95. The Labute approximate surface area is 199 Å². The number of carbonyl (C=O) groups is 6. The first-order valence-electron chi connectivity index (χ1n) is 10.1. The zero-order chi connectivity index (χ0) is 26.4. The van der Waals surface area contributed by atoms with Crippen LogP contribution in [0.1, 0.15) is 19.8 Å². The average Bonchev–Trinajstić information content (AvgIpc) is 2.76. The molecule has 0 aromatic carbocycles. The molecule has 0 fully saturated rings. The van der Waals surface area contributed by atoms with Crippen LogP contribution in [-0.4, -0.2) is 106 Å². The van der Waals surface area contributed by atoms with Crippen molar-refractivity contribution in [1.29, 1.82) is 0 Å². The molecule has 0 aliphatic rings. The summed E-state index contributed by atoms with van der Waals surface area (Å²) in [6.07, 6.45) is 1.40. The Morgan fingerprint density at radius 2 is 1.32 bits per heavy atom. The fourth-order valence-electron chi connectivity index (χ4n) is 2.42. The molecule has 0 aliphatic heterocycles. The quantitative estimate of drug-likeness (QED) is 0.0952. The molecular weight excluding hydrogens is 476 g/mol. The highest BCUT2D eigenvalue weighted by molar-refractivity contribution is 7.98. The van der Waals surface area contributed by atoms with Crippen LogP contribution < -0.4 is 32.7 Å². The Balaban J connectivity index is 5.11. The van der Waals surface area contributed by atoms with Crippen LogP contribution in [0.5, 0.6) is 0 Å². The third-order valence-electron chi connectivity index (χ3n) is 4.37. The van der Waals surface area contributed by atoms with E-state index in [1.54, 1.807) is 6.26 Å². The van der Waals surface area contributed by atoms with E-state index in [9.17, 15) is 33.9 Å². The van der Waals surface area contributed by atoms with Crippen molar-refractivity contribution < 1.29 is 44.1 Å². The molecule has 0 heterocycles. The summed E-state index contributed by atoms with van der Waals surface area (Å²) in [6, 6.07) is -6.78. The highest BCUT2D eigenvalue weighted by atomic mass is 32.2. The Bertz CT molecular complexity index is 753. The summed E-state index contributed by atoms with van der Waals surface area (Å²) in [5, 5.41) is 36.3. The second-order valence-electron chi connectivity index (χ2n) is 7.18. The van der Waals surface area contributed by atoms with E-state index < -0.39 is 85.3 Å². The van der Waals surface area contributed by atoms with Gasteiger partial charge in [0.15, 0.2) is 0 Å². The lowest BCUT2D eigenvalue weighted by molar-refractivity contribution is -0.143. The third-order valence-corrected chi connectivity index (χ3v) is 5.01. The van der Waals surface area contributed by atoms with Gasteiger partial charge in [0.25, 0.3) is 0 Å². The zero-order valence-electron chi connectivity index (χ0n) is 18.8. The van der Waals surface area contributed by atoms with Crippen LogP contribution in [0.3, 0.4) is 0 Å². The van der Waals surface area contributed by atoms with E-state index in [0.29, 0.717) is 5.75 Å². The minimum atomic E-state index is -1.56. The summed E-state index contributed by atoms with van der Waals surface area (Å²) in [4.78, 5) is 71.1. The molecule has 0 spiro atoms. The van der Waals surface area contributed by atoms with Gasteiger partial charge in [-0.3, -0.25) is 24.0 Å². The second-order valence-corrected chi connectivity index (χ2v) is 8.16. The van der Waals surface area contributed by atoms with Crippen molar-refractivity contribution in [3.63, 3.8) is 0 Å². The maximum absolute atomic E-state index is 12.5. The van der Waals surface area contributed by atoms with Crippen molar-refractivity contribution in [1.82, 2.24) is 21.3 Å². The lowest BCUT2D eigenvalue weighted by atomic mass is 10.1. The minimum Gasteiger partial charge on any atom is -0.480 e. The molecule has 0 radical (unpaired) electrons. The van der Waals surface area contributed by atoms with Crippen molar-refractivity contribution >= 4 is 47.3 Å². The van der Waals surface area contributed by atoms with Gasteiger partial charge in [-0.15, -0.1) is 0 Å². The van der Waals surface area contributed by atoms with E-state index in [0.717, 1.165) is 0 Å². The predicted molar refractivity (Wildman–Crippen MR) is 120 cm³/mol. The van der Waals surface area contributed by atoms with Gasteiger partial charge in [0.1, 0.15) is 24.2 Å². The molecule has 5 atom stereocenters. The van der Waals surface area contributed by atoms with E-state index in [4.69, 9.17) is 21.7 Å². The number of thioether (sulfide) groups is 1. The molecule has 0 saturated carbocycles. The van der Waals surface area contributed by atoms with Gasteiger partial charge in [-0.25, -0.2) is 4.79 Å². The van der Waals surface area contributed by atoms with Crippen LogP contribution in [-0.2, 0) is 28.8 Å². The standard InChI is InChI=1S/C18H32N6O9S/c1-8(21-17(31)11(6-25)23-15(29)9(19)5-13(20)27)14(28)22-10(3-4-34-2)16(30)24-12(7-26)18(32)33/h8-12,25-26H,3-7,19H2,1-2H3,(H2,20,27)(H,21,31)(H,22,28)(H,23,29)(H,24,30)(H,32,33)/t8-,9-,10-,11-,12-/m0/s1. The maximum atomic E-state index is 12.5. The number of primary amides is 1. The fourth-order valence-corrected chi connectivity index (χ4v) is 2.89. The number of amides is 5. The number of hydrogen-bond acceptors (Lipinski definition) is 10. The fraction of sp³-hybridized carbons (Fsp3) is 0.667. The number of carbonyl (C=O) groups excluding carboxylic acids is 5. The number of aliphatic carboxylic acids is 1. The van der Waals surface area contributed by atoms with Crippen LogP contribution in [0, 0.1) is 0 Å². The smallest absolute Gasteiger partial charge is 0.328 e. The highest BCUT2D eigenvalue weighted by Gasteiger charge is 2.29. The van der Waals surface area contributed by atoms with E-state index in [-0.39, 0.29) is 6.42 Å².